The van der Waals surface area contributed by atoms with Gasteiger partial charge in [-0.15, -0.1) is 11.3 Å². The quantitative estimate of drug-likeness (QED) is 0.607. The molecule has 2 fully saturated rings. The third kappa shape index (κ3) is 2.79. The second-order valence-electron chi connectivity index (χ2n) is 7.47. The Hall–Kier alpha value is -2.96. The highest BCUT2D eigenvalue weighted by Crippen LogP contribution is 2.49. The standard InChI is InChI=1S/C23H20N2O3S/c1-14-9-11-16(12-10-14)24-22(26)19-20(18-8-5-13-29-18)25(28-21(19)23(24)27)17-7-4-3-6-15(17)2/h3-13,19-21H,1-2H3/t19-,20-,21-/m1/s1. The third-order valence-electron chi connectivity index (χ3n) is 5.60. The van der Waals surface area contributed by atoms with Crippen LogP contribution in [-0.2, 0) is 14.4 Å². The lowest BCUT2D eigenvalue weighted by Gasteiger charge is -2.28. The van der Waals surface area contributed by atoms with Crippen molar-refractivity contribution in [1.82, 2.24) is 0 Å². The SMILES string of the molecule is Cc1ccc(N2C(=O)[C@@H]3[C@@H](c4cccs4)N(c4ccccc4C)O[C@H]3C2=O)cc1. The lowest BCUT2D eigenvalue weighted by atomic mass is 9.95. The van der Waals surface area contributed by atoms with Crippen molar-refractivity contribution in [3.8, 4) is 0 Å². The van der Waals surface area contributed by atoms with E-state index >= 15 is 0 Å². The molecule has 2 saturated heterocycles. The number of para-hydroxylation sites is 1. The molecule has 3 heterocycles. The Kier molecular flexibility index (Phi) is 4.26. The molecule has 2 amide bonds. The number of anilines is 2. The largest absolute Gasteiger partial charge is 0.273 e. The van der Waals surface area contributed by atoms with E-state index in [0.717, 1.165) is 21.7 Å². The number of rotatable bonds is 3. The summed E-state index contributed by atoms with van der Waals surface area (Å²) in [5, 5.41) is 3.75. The van der Waals surface area contributed by atoms with Crippen LogP contribution in [0.2, 0.25) is 0 Å². The molecule has 3 aromatic rings. The fourth-order valence-electron chi connectivity index (χ4n) is 4.13. The minimum absolute atomic E-state index is 0.210. The van der Waals surface area contributed by atoms with Gasteiger partial charge in [-0.2, -0.15) is 0 Å². The van der Waals surface area contributed by atoms with Crippen molar-refractivity contribution in [3.05, 3.63) is 82.0 Å². The van der Waals surface area contributed by atoms with Crippen molar-refractivity contribution in [2.24, 2.45) is 5.92 Å². The number of carbonyl (C=O) groups is 2. The Morgan fingerprint density at radius 2 is 1.66 bits per heavy atom. The monoisotopic (exact) mass is 404 g/mol. The maximum Gasteiger partial charge on any atom is 0.266 e. The number of nitrogens with zero attached hydrogens (tertiary/aromatic N) is 2. The van der Waals surface area contributed by atoms with Crippen LogP contribution in [0.3, 0.4) is 0 Å². The summed E-state index contributed by atoms with van der Waals surface area (Å²) in [7, 11) is 0. The fraction of sp³-hybridized carbons (Fsp3) is 0.217. The van der Waals surface area contributed by atoms with Crippen molar-refractivity contribution in [1.29, 1.82) is 0 Å². The molecule has 146 valence electrons. The van der Waals surface area contributed by atoms with Gasteiger partial charge >= 0.3 is 0 Å². The molecular weight excluding hydrogens is 384 g/mol. The highest BCUT2D eigenvalue weighted by atomic mass is 32.1. The van der Waals surface area contributed by atoms with E-state index in [1.54, 1.807) is 16.4 Å². The Balaban J connectivity index is 1.58. The van der Waals surface area contributed by atoms with Gasteiger partial charge in [0, 0.05) is 4.88 Å². The van der Waals surface area contributed by atoms with Crippen molar-refractivity contribution in [3.63, 3.8) is 0 Å². The van der Waals surface area contributed by atoms with Gasteiger partial charge in [0.2, 0.25) is 5.91 Å². The summed E-state index contributed by atoms with van der Waals surface area (Å²) in [5.74, 6) is -1.10. The van der Waals surface area contributed by atoms with Crippen LogP contribution in [0.25, 0.3) is 0 Å². The number of hydrogen-bond acceptors (Lipinski definition) is 5. The molecule has 5 nitrogen and oxygen atoms in total. The summed E-state index contributed by atoms with van der Waals surface area (Å²) in [6.07, 6.45) is -0.824. The van der Waals surface area contributed by atoms with Crippen LogP contribution < -0.4 is 9.96 Å². The van der Waals surface area contributed by atoms with Crippen molar-refractivity contribution in [2.45, 2.75) is 26.0 Å². The zero-order chi connectivity index (χ0) is 20.1. The number of imide groups is 1. The van der Waals surface area contributed by atoms with Gasteiger partial charge in [0.1, 0.15) is 12.0 Å². The second-order valence-corrected chi connectivity index (χ2v) is 8.45. The van der Waals surface area contributed by atoms with Crippen molar-refractivity contribution in [2.75, 3.05) is 9.96 Å². The molecule has 0 saturated carbocycles. The first-order valence-electron chi connectivity index (χ1n) is 9.56. The number of benzene rings is 2. The average molecular weight is 404 g/mol. The predicted octanol–water partition coefficient (Wildman–Crippen LogP) is 4.42. The van der Waals surface area contributed by atoms with Crippen molar-refractivity contribution >= 4 is 34.5 Å². The first-order chi connectivity index (χ1) is 14.1. The normalized spacial score (nSPS) is 23.7. The lowest BCUT2D eigenvalue weighted by Crippen LogP contribution is -2.37. The maximum atomic E-state index is 13.5. The number of hydrogen-bond donors (Lipinski definition) is 0. The van der Waals surface area contributed by atoms with Crippen LogP contribution in [0.15, 0.2) is 66.0 Å². The number of aryl methyl sites for hydroxylation is 2. The summed E-state index contributed by atoms with van der Waals surface area (Å²) in [6, 6.07) is 18.9. The van der Waals surface area contributed by atoms with Gasteiger partial charge in [-0.1, -0.05) is 42.0 Å². The molecule has 0 aliphatic carbocycles. The van der Waals surface area contributed by atoms with E-state index in [4.69, 9.17) is 4.84 Å². The Morgan fingerprint density at radius 1 is 0.897 bits per heavy atom. The van der Waals surface area contributed by atoms with Gasteiger partial charge in [-0.05, 0) is 49.1 Å². The van der Waals surface area contributed by atoms with Gasteiger partial charge in [0.05, 0.1) is 11.4 Å². The minimum Gasteiger partial charge on any atom is -0.273 e. The first kappa shape index (κ1) is 18.1. The van der Waals surface area contributed by atoms with Crippen LogP contribution >= 0.6 is 11.3 Å². The van der Waals surface area contributed by atoms with E-state index in [2.05, 4.69) is 0 Å². The summed E-state index contributed by atoms with van der Waals surface area (Å²) in [6.45, 7) is 3.97. The van der Waals surface area contributed by atoms with Crippen molar-refractivity contribution < 1.29 is 14.4 Å². The smallest absolute Gasteiger partial charge is 0.266 e. The highest BCUT2D eigenvalue weighted by Gasteiger charge is 2.60. The summed E-state index contributed by atoms with van der Waals surface area (Å²) < 4.78 is 0. The molecule has 3 atom stereocenters. The number of thiophene rings is 1. The molecule has 2 aliphatic rings. The van der Waals surface area contributed by atoms with E-state index in [-0.39, 0.29) is 17.9 Å². The molecule has 0 spiro atoms. The van der Waals surface area contributed by atoms with Crippen LogP contribution in [0.5, 0.6) is 0 Å². The number of hydroxylamine groups is 1. The molecule has 5 rings (SSSR count). The van der Waals surface area contributed by atoms with Crippen LogP contribution in [0.1, 0.15) is 22.0 Å². The minimum atomic E-state index is -0.824. The Labute approximate surface area is 173 Å². The molecular formula is C23H20N2O3S. The zero-order valence-electron chi connectivity index (χ0n) is 16.1. The summed E-state index contributed by atoms with van der Waals surface area (Å²) >= 11 is 1.57. The predicted molar refractivity (Wildman–Crippen MR) is 113 cm³/mol. The van der Waals surface area contributed by atoms with Crippen LogP contribution in [0, 0.1) is 19.8 Å². The van der Waals surface area contributed by atoms with Gasteiger partial charge < -0.3 is 0 Å². The van der Waals surface area contributed by atoms with E-state index < -0.39 is 12.0 Å². The molecule has 0 radical (unpaired) electrons. The summed E-state index contributed by atoms with van der Waals surface area (Å²) in [4.78, 5) is 35.1. The fourth-order valence-corrected chi connectivity index (χ4v) is 4.98. The van der Waals surface area contributed by atoms with Gasteiger partial charge in [0.15, 0.2) is 6.10 Å². The molecule has 29 heavy (non-hydrogen) atoms. The number of fused-ring (bicyclic) bond motifs is 1. The average Bonchev–Trinajstić information content (AvgIpc) is 3.41. The second kappa shape index (κ2) is 6.83. The number of carbonyl (C=O) groups excluding carboxylic acids is 2. The topological polar surface area (TPSA) is 49.9 Å². The van der Waals surface area contributed by atoms with Crippen LogP contribution in [0.4, 0.5) is 11.4 Å². The Morgan fingerprint density at radius 3 is 2.34 bits per heavy atom. The van der Waals surface area contributed by atoms with E-state index in [0.29, 0.717) is 5.69 Å². The highest BCUT2D eigenvalue weighted by molar-refractivity contribution is 7.10. The molecule has 2 aliphatic heterocycles. The molecule has 2 aromatic carbocycles. The van der Waals surface area contributed by atoms with Crippen LogP contribution in [-0.4, -0.2) is 17.9 Å². The maximum absolute atomic E-state index is 13.5. The molecule has 0 N–H and O–H groups in total. The van der Waals surface area contributed by atoms with E-state index in [1.165, 1.54) is 4.90 Å². The third-order valence-corrected chi connectivity index (χ3v) is 6.54. The zero-order valence-corrected chi connectivity index (χ0v) is 16.9. The Bertz CT molecular complexity index is 1080. The van der Waals surface area contributed by atoms with E-state index in [9.17, 15) is 9.59 Å². The lowest BCUT2D eigenvalue weighted by molar-refractivity contribution is -0.126. The number of amides is 2. The van der Waals surface area contributed by atoms with Gasteiger partial charge in [0.25, 0.3) is 5.91 Å². The first-order valence-corrected chi connectivity index (χ1v) is 10.4. The van der Waals surface area contributed by atoms with Gasteiger partial charge in [-0.3, -0.25) is 14.4 Å². The summed E-state index contributed by atoms with van der Waals surface area (Å²) in [5.41, 5.74) is 3.58. The molecule has 0 bridgehead atoms. The molecule has 1 aromatic heterocycles. The molecule has 0 unspecified atom stereocenters. The molecule has 6 heteroatoms. The van der Waals surface area contributed by atoms with Gasteiger partial charge in [-0.25, -0.2) is 9.96 Å². The van der Waals surface area contributed by atoms with E-state index in [1.807, 2.05) is 79.9 Å².